The minimum atomic E-state index is -0.389. The van der Waals surface area contributed by atoms with Gasteiger partial charge in [0.1, 0.15) is 6.04 Å². The second-order valence-electron chi connectivity index (χ2n) is 6.17. The summed E-state index contributed by atoms with van der Waals surface area (Å²) in [6.07, 6.45) is 2.63. The zero-order valence-electron chi connectivity index (χ0n) is 13.9. The van der Waals surface area contributed by atoms with Gasteiger partial charge in [-0.15, -0.1) is 0 Å². The maximum atomic E-state index is 12.8. The molecule has 4 heteroatoms. The molecule has 124 valence electrons. The molecule has 0 aromatic heterocycles. The third-order valence-electron chi connectivity index (χ3n) is 4.51. The highest BCUT2D eigenvalue weighted by Gasteiger charge is 2.28. The van der Waals surface area contributed by atoms with Gasteiger partial charge in [-0.3, -0.25) is 9.59 Å². The maximum Gasteiger partial charge on any atom is 0.254 e. The molecule has 1 heterocycles. The molecule has 0 aliphatic carbocycles. The molecule has 2 amide bonds. The Bertz CT molecular complexity index is 727. The summed E-state index contributed by atoms with van der Waals surface area (Å²) < 4.78 is 0. The highest BCUT2D eigenvalue weighted by molar-refractivity contribution is 5.98. The predicted molar refractivity (Wildman–Crippen MR) is 94.6 cm³/mol. The molecule has 0 radical (unpaired) electrons. The minimum Gasteiger partial charge on any atom is -0.354 e. The van der Waals surface area contributed by atoms with E-state index >= 15 is 0 Å². The van der Waals surface area contributed by atoms with Crippen LogP contribution in [0.5, 0.6) is 0 Å². The highest BCUT2D eigenvalue weighted by Crippen LogP contribution is 2.21. The summed E-state index contributed by atoms with van der Waals surface area (Å²) in [6, 6.07) is 17.1. The number of rotatable bonds is 3. The van der Waals surface area contributed by atoms with Gasteiger partial charge in [0.05, 0.1) is 0 Å². The normalized spacial score (nSPS) is 17.7. The number of nitrogens with zero attached hydrogens (tertiary/aromatic N) is 1. The van der Waals surface area contributed by atoms with Crippen LogP contribution in [0.2, 0.25) is 0 Å². The van der Waals surface area contributed by atoms with E-state index in [4.69, 9.17) is 0 Å². The zero-order valence-corrected chi connectivity index (χ0v) is 13.9. The van der Waals surface area contributed by atoms with E-state index in [1.165, 1.54) is 0 Å². The van der Waals surface area contributed by atoms with Crippen molar-refractivity contribution in [3.8, 4) is 11.1 Å². The van der Waals surface area contributed by atoms with Gasteiger partial charge in [0.15, 0.2) is 0 Å². The molecule has 1 saturated heterocycles. The average molecular weight is 322 g/mol. The lowest BCUT2D eigenvalue weighted by atomic mass is 10.0. The van der Waals surface area contributed by atoms with Gasteiger partial charge >= 0.3 is 0 Å². The van der Waals surface area contributed by atoms with Crippen LogP contribution in [0.25, 0.3) is 11.1 Å². The van der Waals surface area contributed by atoms with E-state index in [1.54, 1.807) is 18.0 Å². The molecule has 1 N–H and O–H groups in total. The SMILES string of the molecule is CN(C(=O)c1cccc(-c2ccccc2)c1)C1CCCCNC1=O. The van der Waals surface area contributed by atoms with Gasteiger partial charge in [0.25, 0.3) is 5.91 Å². The largest absolute Gasteiger partial charge is 0.354 e. The van der Waals surface area contributed by atoms with Crippen LogP contribution in [-0.4, -0.2) is 36.3 Å². The first-order chi connectivity index (χ1) is 11.7. The van der Waals surface area contributed by atoms with Gasteiger partial charge < -0.3 is 10.2 Å². The van der Waals surface area contributed by atoms with Gasteiger partial charge in [-0.05, 0) is 42.5 Å². The quantitative estimate of drug-likeness (QED) is 0.944. The third kappa shape index (κ3) is 3.48. The fourth-order valence-electron chi connectivity index (χ4n) is 3.10. The summed E-state index contributed by atoms with van der Waals surface area (Å²) in [5.41, 5.74) is 2.68. The number of carbonyl (C=O) groups excluding carboxylic acids is 2. The van der Waals surface area contributed by atoms with Crippen LogP contribution in [0.4, 0.5) is 0 Å². The van der Waals surface area contributed by atoms with Gasteiger partial charge in [0.2, 0.25) is 5.91 Å². The molecule has 3 rings (SSSR count). The topological polar surface area (TPSA) is 49.4 Å². The summed E-state index contributed by atoms with van der Waals surface area (Å²) in [5.74, 6) is -0.169. The Morgan fingerprint density at radius 1 is 1.04 bits per heavy atom. The first kappa shape index (κ1) is 16.2. The average Bonchev–Trinajstić information content (AvgIpc) is 2.86. The minimum absolute atomic E-state index is 0.0532. The van der Waals surface area contributed by atoms with E-state index in [1.807, 2.05) is 48.5 Å². The Kier molecular flexibility index (Phi) is 4.94. The molecule has 0 bridgehead atoms. The van der Waals surface area contributed by atoms with Crippen LogP contribution in [0, 0.1) is 0 Å². The number of likely N-dealkylation sites (N-methyl/N-ethyl adjacent to an activating group) is 1. The Balaban J connectivity index is 1.83. The van der Waals surface area contributed by atoms with Crippen molar-refractivity contribution in [2.24, 2.45) is 0 Å². The Morgan fingerprint density at radius 3 is 2.58 bits per heavy atom. The Morgan fingerprint density at radius 2 is 1.79 bits per heavy atom. The van der Waals surface area contributed by atoms with Crippen LogP contribution in [-0.2, 0) is 4.79 Å². The molecule has 4 nitrogen and oxygen atoms in total. The van der Waals surface area contributed by atoms with Crippen LogP contribution in [0.1, 0.15) is 29.6 Å². The summed E-state index contributed by atoms with van der Waals surface area (Å²) in [7, 11) is 1.72. The Labute approximate surface area is 142 Å². The van der Waals surface area contributed by atoms with Crippen molar-refractivity contribution in [2.45, 2.75) is 25.3 Å². The van der Waals surface area contributed by atoms with Gasteiger partial charge in [-0.25, -0.2) is 0 Å². The van der Waals surface area contributed by atoms with Crippen molar-refractivity contribution in [1.29, 1.82) is 0 Å². The molecule has 1 aliphatic rings. The van der Waals surface area contributed by atoms with Crippen molar-refractivity contribution >= 4 is 11.8 Å². The van der Waals surface area contributed by atoms with Crippen LogP contribution in [0.15, 0.2) is 54.6 Å². The molecular formula is C20H22N2O2. The van der Waals surface area contributed by atoms with Crippen LogP contribution in [0.3, 0.4) is 0 Å². The summed E-state index contributed by atoms with van der Waals surface area (Å²) in [4.78, 5) is 26.6. The summed E-state index contributed by atoms with van der Waals surface area (Å²) in [6.45, 7) is 0.695. The number of amides is 2. The third-order valence-corrected chi connectivity index (χ3v) is 4.51. The van der Waals surface area contributed by atoms with E-state index in [9.17, 15) is 9.59 Å². The van der Waals surface area contributed by atoms with E-state index < -0.39 is 0 Å². The van der Waals surface area contributed by atoms with Crippen molar-refractivity contribution in [3.63, 3.8) is 0 Å². The predicted octanol–water partition coefficient (Wildman–Crippen LogP) is 3.09. The molecule has 2 aromatic carbocycles. The standard InChI is InChI=1S/C20H22N2O2/c1-22(18-12-5-6-13-21-19(18)23)20(24)17-11-7-10-16(14-17)15-8-3-2-4-9-15/h2-4,7-11,14,18H,5-6,12-13H2,1H3,(H,21,23). The number of carbonyl (C=O) groups is 2. The number of hydrogen-bond donors (Lipinski definition) is 1. The fraction of sp³-hybridized carbons (Fsp3) is 0.300. The number of hydrogen-bond acceptors (Lipinski definition) is 2. The fourth-order valence-corrected chi connectivity index (χ4v) is 3.10. The molecule has 0 spiro atoms. The Hall–Kier alpha value is -2.62. The highest BCUT2D eigenvalue weighted by atomic mass is 16.2. The maximum absolute atomic E-state index is 12.8. The molecule has 1 fully saturated rings. The molecule has 1 unspecified atom stereocenters. The van der Waals surface area contributed by atoms with Gasteiger partial charge in [0, 0.05) is 19.2 Å². The van der Waals surface area contributed by atoms with E-state index in [0.717, 1.165) is 24.0 Å². The van der Waals surface area contributed by atoms with E-state index in [-0.39, 0.29) is 17.9 Å². The monoisotopic (exact) mass is 322 g/mol. The lowest BCUT2D eigenvalue weighted by Crippen LogP contribution is -2.46. The van der Waals surface area contributed by atoms with Gasteiger partial charge in [-0.2, -0.15) is 0 Å². The smallest absolute Gasteiger partial charge is 0.254 e. The molecule has 1 atom stereocenters. The molecule has 2 aromatic rings. The zero-order chi connectivity index (χ0) is 16.9. The lowest BCUT2D eigenvalue weighted by molar-refractivity contribution is -0.125. The summed E-state index contributed by atoms with van der Waals surface area (Å²) in [5, 5.41) is 2.89. The molecular weight excluding hydrogens is 300 g/mol. The van der Waals surface area contributed by atoms with Gasteiger partial charge in [-0.1, -0.05) is 42.5 Å². The van der Waals surface area contributed by atoms with Crippen molar-refractivity contribution < 1.29 is 9.59 Å². The van der Waals surface area contributed by atoms with E-state index in [2.05, 4.69) is 5.32 Å². The molecule has 24 heavy (non-hydrogen) atoms. The second kappa shape index (κ2) is 7.30. The van der Waals surface area contributed by atoms with Crippen molar-refractivity contribution in [1.82, 2.24) is 10.2 Å². The van der Waals surface area contributed by atoms with E-state index in [0.29, 0.717) is 18.5 Å². The first-order valence-electron chi connectivity index (χ1n) is 8.37. The molecule has 0 saturated carbocycles. The van der Waals surface area contributed by atoms with Crippen molar-refractivity contribution in [3.05, 3.63) is 60.2 Å². The number of benzene rings is 2. The van der Waals surface area contributed by atoms with Crippen LogP contribution < -0.4 is 5.32 Å². The van der Waals surface area contributed by atoms with Crippen LogP contribution >= 0.6 is 0 Å². The first-order valence-corrected chi connectivity index (χ1v) is 8.37. The second-order valence-corrected chi connectivity index (χ2v) is 6.17. The lowest BCUT2D eigenvalue weighted by Gasteiger charge is -2.26. The summed E-state index contributed by atoms with van der Waals surface area (Å²) >= 11 is 0. The van der Waals surface area contributed by atoms with Crippen molar-refractivity contribution in [2.75, 3.05) is 13.6 Å². The number of nitrogens with one attached hydrogen (secondary N) is 1. The molecule has 1 aliphatic heterocycles.